The van der Waals surface area contributed by atoms with Gasteiger partial charge in [-0.05, 0) is 0 Å². The third-order valence-corrected chi connectivity index (χ3v) is 3.00. The molecule has 0 saturated carbocycles. The van der Waals surface area contributed by atoms with Crippen molar-refractivity contribution in [3.63, 3.8) is 0 Å². The fourth-order valence-electron chi connectivity index (χ4n) is 2.12. The monoisotopic (exact) mass is 160 g/mol. The summed E-state index contributed by atoms with van der Waals surface area (Å²) in [6.07, 6.45) is 12.0. The molecule has 0 radical (unpaired) electrons. The van der Waals surface area contributed by atoms with Crippen molar-refractivity contribution in [2.45, 2.75) is 50.6 Å². The Morgan fingerprint density at radius 1 is 0.333 bits per heavy atom. The zero-order chi connectivity index (χ0) is 8.49. The van der Waals surface area contributed by atoms with Crippen LogP contribution in [-0.2, 0) is 0 Å². The van der Waals surface area contributed by atoms with E-state index >= 15 is 0 Å². The SMILES string of the molecule is B1CCBCCBCCBCC1. The second-order valence-corrected chi connectivity index (χ2v) is 4.24. The van der Waals surface area contributed by atoms with Crippen LogP contribution in [-0.4, -0.2) is 29.1 Å². The van der Waals surface area contributed by atoms with Gasteiger partial charge in [-0.15, -0.1) is 0 Å². The van der Waals surface area contributed by atoms with Crippen LogP contribution in [0.1, 0.15) is 0 Å². The van der Waals surface area contributed by atoms with E-state index in [1.165, 1.54) is 79.7 Å². The molecule has 1 fully saturated rings. The van der Waals surface area contributed by atoms with E-state index in [-0.39, 0.29) is 0 Å². The average molecular weight is 159 g/mol. The van der Waals surface area contributed by atoms with E-state index in [0.717, 1.165) is 0 Å². The molecule has 0 amide bonds. The Bertz CT molecular complexity index is 54.0. The Balaban J connectivity index is 2.00. The van der Waals surface area contributed by atoms with E-state index in [0.29, 0.717) is 0 Å². The van der Waals surface area contributed by atoms with Crippen LogP contribution in [0.4, 0.5) is 0 Å². The molecule has 1 saturated heterocycles. The third-order valence-electron chi connectivity index (χ3n) is 3.00. The molecule has 1 rings (SSSR count). The van der Waals surface area contributed by atoms with Gasteiger partial charge in [-0.25, -0.2) is 0 Å². The lowest BCUT2D eigenvalue weighted by atomic mass is 9.49. The summed E-state index contributed by atoms with van der Waals surface area (Å²) in [4.78, 5) is 0. The van der Waals surface area contributed by atoms with Crippen molar-refractivity contribution in [1.82, 2.24) is 0 Å². The van der Waals surface area contributed by atoms with Gasteiger partial charge in [0.2, 0.25) is 0 Å². The molecule has 0 aromatic carbocycles. The molecule has 0 nitrogen and oxygen atoms in total. The van der Waals surface area contributed by atoms with Gasteiger partial charge in [0, 0.05) is 0 Å². The molecule has 1 heterocycles. The fraction of sp³-hybridized carbons (Fsp3) is 1.00. The van der Waals surface area contributed by atoms with Crippen LogP contribution in [0.5, 0.6) is 0 Å². The van der Waals surface area contributed by atoms with E-state index in [1.54, 1.807) is 0 Å². The highest BCUT2D eigenvalue weighted by atomic mass is 13.7. The fourth-order valence-corrected chi connectivity index (χ4v) is 2.12. The molecular weight excluding hydrogens is 139 g/mol. The van der Waals surface area contributed by atoms with Gasteiger partial charge in [0.1, 0.15) is 29.1 Å². The van der Waals surface area contributed by atoms with Crippen molar-refractivity contribution >= 4 is 29.1 Å². The topological polar surface area (TPSA) is 0 Å². The molecule has 0 aliphatic carbocycles. The van der Waals surface area contributed by atoms with Crippen molar-refractivity contribution in [2.75, 3.05) is 0 Å². The van der Waals surface area contributed by atoms with Gasteiger partial charge in [-0.1, -0.05) is 50.6 Å². The highest BCUT2D eigenvalue weighted by molar-refractivity contribution is 6.48. The normalized spacial score (nSPS) is 21.3. The zero-order valence-corrected chi connectivity index (χ0v) is 8.49. The predicted molar refractivity (Wildman–Crippen MR) is 67.1 cm³/mol. The van der Waals surface area contributed by atoms with E-state index < -0.39 is 0 Å². The van der Waals surface area contributed by atoms with E-state index in [2.05, 4.69) is 0 Å². The largest absolute Gasteiger partial charge is 0.119 e. The van der Waals surface area contributed by atoms with Crippen LogP contribution in [0.15, 0.2) is 0 Å². The zero-order valence-electron chi connectivity index (χ0n) is 8.49. The van der Waals surface area contributed by atoms with Gasteiger partial charge >= 0.3 is 0 Å². The maximum absolute atomic E-state index is 1.50. The summed E-state index contributed by atoms with van der Waals surface area (Å²) in [5.74, 6) is 0. The van der Waals surface area contributed by atoms with E-state index in [4.69, 9.17) is 0 Å². The standard InChI is InChI=1S/C8H20B4/c1-2-10-5-6-12-8-7-11-4-3-9-1/h9-12H,1-8H2. The maximum Gasteiger partial charge on any atom is 0.119 e. The Labute approximate surface area is 80.2 Å². The summed E-state index contributed by atoms with van der Waals surface area (Å²) in [5, 5.41) is 0. The van der Waals surface area contributed by atoms with Crippen LogP contribution in [0.2, 0.25) is 50.6 Å². The summed E-state index contributed by atoms with van der Waals surface area (Å²) in [6.45, 7) is 0. The van der Waals surface area contributed by atoms with Crippen molar-refractivity contribution < 1.29 is 0 Å². The predicted octanol–water partition coefficient (Wildman–Crippen LogP) is 1.09. The van der Waals surface area contributed by atoms with Gasteiger partial charge in [-0.3, -0.25) is 0 Å². The number of hydrogen-bond donors (Lipinski definition) is 0. The summed E-state index contributed by atoms with van der Waals surface area (Å²) < 4.78 is 0. The van der Waals surface area contributed by atoms with Crippen molar-refractivity contribution in [2.24, 2.45) is 0 Å². The van der Waals surface area contributed by atoms with Gasteiger partial charge in [0.25, 0.3) is 0 Å². The highest BCUT2D eigenvalue weighted by Gasteiger charge is 2.00. The number of rotatable bonds is 0. The molecule has 0 aromatic heterocycles. The molecule has 0 atom stereocenters. The van der Waals surface area contributed by atoms with Gasteiger partial charge < -0.3 is 0 Å². The van der Waals surface area contributed by atoms with Gasteiger partial charge in [0.05, 0.1) is 0 Å². The first-order valence-corrected chi connectivity index (χ1v) is 6.00. The maximum atomic E-state index is 1.50. The van der Waals surface area contributed by atoms with Gasteiger partial charge in [-0.2, -0.15) is 0 Å². The lowest BCUT2D eigenvalue weighted by molar-refractivity contribution is 1.25. The van der Waals surface area contributed by atoms with E-state index in [9.17, 15) is 0 Å². The minimum atomic E-state index is 1.50. The highest BCUT2D eigenvalue weighted by Crippen LogP contribution is 2.05. The smallest absolute Gasteiger partial charge is 0.0842 e. The molecule has 1 aliphatic heterocycles. The lowest BCUT2D eigenvalue weighted by Crippen LogP contribution is -2.01. The third kappa shape index (κ3) is 5.85. The van der Waals surface area contributed by atoms with Crippen molar-refractivity contribution in [3.8, 4) is 0 Å². The van der Waals surface area contributed by atoms with Gasteiger partial charge in [0.15, 0.2) is 0 Å². The molecule has 0 N–H and O–H groups in total. The molecule has 4 heteroatoms. The molecule has 0 unspecified atom stereocenters. The molecule has 0 aromatic rings. The Hall–Kier alpha value is 0.260. The van der Waals surface area contributed by atoms with Crippen LogP contribution < -0.4 is 0 Å². The Morgan fingerprint density at radius 3 is 0.667 bits per heavy atom. The summed E-state index contributed by atoms with van der Waals surface area (Å²) in [7, 11) is 6.00. The Kier molecular flexibility index (Phi) is 6.80. The minimum absolute atomic E-state index is 1.50. The lowest BCUT2D eigenvalue weighted by Gasteiger charge is -2.02. The van der Waals surface area contributed by atoms with Crippen LogP contribution >= 0.6 is 0 Å². The first kappa shape index (κ1) is 10.3. The summed E-state index contributed by atoms with van der Waals surface area (Å²) in [5.41, 5.74) is 0. The van der Waals surface area contributed by atoms with Crippen LogP contribution in [0, 0.1) is 0 Å². The first-order valence-electron chi connectivity index (χ1n) is 6.00. The molecule has 12 heavy (non-hydrogen) atoms. The first-order chi connectivity index (χ1) is 6.00. The number of hydrogen-bond acceptors (Lipinski definition) is 0. The van der Waals surface area contributed by atoms with E-state index in [1.807, 2.05) is 0 Å². The molecule has 0 spiro atoms. The Morgan fingerprint density at radius 2 is 0.500 bits per heavy atom. The van der Waals surface area contributed by atoms with Crippen LogP contribution in [0.25, 0.3) is 0 Å². The van der Waals surface area contributed by atoms with Crippen molar-refractivity contribution in [3.05, 3.63) is 0 Å². The summed E-state index contributed by atoms with van der Waals surface area (Å²) in [6, 6.07) is 0. The molecule has 1 aliphatic rings. The second-order valence-electron chi connectivity index (χ2n) is 4.24. The molecule has 64 valence electrons. The minimum Gasteiger partial charge on any atom is -0.0842 e. The average Bonchev–Trinajstić information content (AvgIpc) is 2.05. The van der Waals surface area contributed by atoms with Crippen molar-refractivity contribution in [1.29, 1.82) is 0 Å². The van der Waals surface area contributed by atoms with Crippen LogP contribution in [0.3, 0.4) is 0 Å². The quantitative estimate of drug-likeness (QED) is 0.464. The molecule has 0 bridgehead atoms. The second kappa shape index (κ2) is 7.89. The molecular formula is C8H20B4. The summed E-state index contributed by atoms with van der Waals surface area (Å²) >= 11 is 0.